The highest BCUT2D eigenvalue weighted by atomic mass is 31.3. The Labute approximate surface area is 213 Å². The summed E-state index contributed by atoms with van der Waals surface area (Å²) in [5, 5.41) is 0. The first-order valence-corrected chi connectivity index (χ1v) is 13.7. The van der Waals surface area contributed by atoms with Gasteiger partial charge in [-0.2, -0.15) is 0 Å². The molecular weight excluding hydrogens is 518 g/mol. The molecule has 0 spiro atoms. The fraction of sp³-hybridized carbons (Fsp3) is 0. The Kier molecular flexibility index (Phi) is 7.50. The van der Waals surface area contributed by atoms with Crippen molar-refractivity contribution in [2.45, 2.75) is 0 Å². The molecule has 0 atom stereocenters. The van der Waals surface area contributed by atoms with Crippen LogP contribution < -0.4 is 41.0 Å². The first-order chi connectivity index (χ1) is 17.7. The first kappa shape index (κ1) is 25.8. The van der Waals surface area contributed by atoms with Gasteiger partial charge in [0.05, 0.1) is 22.7 Å². The van der Waals surface area contributed by atoms with E-state index in [2.05, 4.69) is 0 Å². The Hall–Kier alpha value is -4.30. The number of benzene rings is 4. The van der Waals surface area contributed by atoms with E-state index in [-0.39, 0.29) is 45.7 Å². The van der Waals surface area contributed by atoms with Crippen molar-refractivity contribution in [3.8, 4) is 23.0 Å². The van der Waals surface area contributed by atoms with E-state index in [1.165, 1.54) is 48.5 Å². The lowest BCUT2D eigenvalue weighted by molar-refractivity contribution is 0.244. The molecule has 8 N–H and O–H groups in total. The predicted molar refractivity (Wildman–Crippen MR) is 142 cm³/mol. The summed E-state index contributed by atoms with van der Waals surface area (Å²) < 4.78 is 55.8. The van der Waals surface area contributed by atoms with Crippen LogP contribution in [-0.2, 0) is 13.4 Å². The molecule has 0 saturated heterocycles. The molecule has 0 aliphatic carbocycles. The number of para-hydroxylation sites is 8. The molecule has 4 aromatic carbocycles. The smallest absolute Gasteiger partial charge is 0.396 e. The molecule has 13 heteroatoms. The number of phosphoric ester groups is 2. The van der Waals surface area contributed by atoms with E-state index >= 15 is 0 Å². The second-order valence-electron chi connectivity index (χ2n) is 7.49. The summed E-state index contributed by atoms with van der Waals surface area (Å²) in [6.07, 6.45) is 0. The number of nitrogen functional groups attached to an aromatic ring is 4. The highest BCUT2D eigenvalue weighted by Gasteiger charge is 2.47. The standard InChI is InChI=1S/C24H24N4O7P2/c25-17-9-1-5-13-21(17)31-36(29,32-22-14-6-2-10-18(22)26)35-37(30,33-23-15-7-3-11-19(23)27)34-24-16-8-4-12-20(24)28/h1-16H,25-28H2. The van der Waals surface area contributed by atoms with Crippen LogP contribution in [-0.4, -0.2) is 0 Å². The van der Waals surface area contributed by atoms with Gasteiger partial charge in [-0.3, -0.25) is 0 Å². The zero-order valence-corrected chi connectivity index (χ0v) is 21.1. The molecule has 37 heavy (non-hydrogen) atoms. The Morgan fingerprint density at radius 3 is 0.838 bits per heavy atom. The zero-order chi connectivity index (χ0) is 26.5. The van der Waals surface area contributed by atoms with Crippen LogP contribution in [0, 0.1) is 0 Å². The third kappa shape index (κ3) is 6.48. The average molecular weight is 542 g/mol. The molecule has 0 fully saturated rings. The summed E-state index contributed by atoms with van der Waals surface area (Å²) in [4.78, 5) is 0. The van der Waals surface area contributed by atoms with Crippen LogP contribution in [0.2, 0.25) is 0 Å². The minimum Gasteiger partial charge on any atom is -0.396 e. The molecular formula is C24H24N4O7P2. The number of rotatable bonds is 10. The Bertz CT molecular complexity index is 1290. The maximum atomic E-state index is 14.0. The second-order valence-corrected chi connectivity index (χ2v) is 10.7. The molecule has 0 aromatic heterocycles. The molecule has 0 saturated carbocycles. The van der Waals surface area contributed by atoms with Gasteiger partial charge in [-0.25, -0.2) is 9.13 Å². The molecule has 4 rings (SSSR count). The fourth-order valence-electron chi connectivity index (χ4n) is 2.96. The van der Waals surface area contributed by atoms with Crippen LogP contribution in [0.1, 0.15) is 0 Å². The van der Waals surface area contributed by atoms with Crippen molar-refractivity contribution in [1.82, 2.24) is 0 Å². The van der Waals surface area contributed by atoms with Crippen molar-refractivity contribution in [2.24, 2.45) is 0 Å². The zero-order valence-electron chi connectivity index (χ0n) is 19.3. The Morgan fingerprint density at radius 1 is 0.405 bits per heavy atom. The van der Waals surface area contributed by atoms with Crippen molar-refractivity contribution in [1.29, 1.82) is 0 Å². The van der Waals surface area contributed by atoms with E-state index in [1.807, 2.05) is 0 Å². The lowest BCUT2D eigenvalue weighted by Crippen LogP contribution is -2.12. The topological polar surface area (TPSA) is 184 Å². The van der Waals surface area contributed by atoms with Crippen molar-refractivity contribution in [2.75, 3.05) is 22.9 Å². The predicted octanol–water partition coefficient (Wildman–Crippen LogP) is 5.86. The van der Waals surface area contributed by atoms with Crippen LogP contribution >= 0.6 is 15.6 Å². The monoisotopic (exact) mass is 542 g/mol. The van der Waals surface area contributed by atoms with Crippen LogP contribution in [0.4, 0.5) is 22.7 Å². The largest absolute Gasteiger partial charge is 0.598 e. The van der Waals surface area contributed by atoms with E-state index in [9.17, 15) is 9.13 Å². The summed E-state index contributed by atoms with van der Waals surface area (Å²) in [6, 6.07) is 24.5. The molecule has 4 aromatic rings. The molecule has 0 bridgehead atoms. The van der Waals surface area contributed by atoms with Crippen LogP contribution in [0.25, 0.3) is 0 Å². The number of hydrogen-bond acceptors (Lipinski definition) is 11. The lowest BCUT2D eigenvalue weighted by Gasteiger charge is -2.25. The highest BCUT2D eigenvalue weighted by molar-refractivity contribution is 7.63. The van der Waals surface area contributed by atoms with Crippen LogP contribution in [0.5, 0.6) is 23.0 Å². The van der Waals surface area contributed by atoms with Gasteiger partial charge in [-0.1, -0.05) is 48.5 Å². The Balaban J connectivity index is 1.78. The van der Waals surface area contributed by atoms with Crippen molar-refractivity contribution >= 4 is 38.4 Å². The van der Waals surface area contributed by atoms with Gasteiger partial charge in [-0.15, -0.1) is 4.31 Å². The van der Waals surface area contributed by atoms with Gasteiger partial charge in [-0.05, 0) is 48.5 Å². The number of phosphoric acid groups is 2. The quantitative estimate of drug-likeness (QED) is 0.139. The minimum atomic E-state index is -4.90. The summed E-state index contributed by atoms with van der Waals surface area (Å²) in [7, 11) is -9.79. The van der Waals surface area contributed by atoms with E-state index in [0.29, 0.717) is 0 Å². The first-order valence-electron chi connectivity index (χ1n) is 10.7. The molecule has 11 nitrogen and oxygen atoms in total. The normalized spacial score (nSPS) is 11.5. The second kappa shape index (κ2) is 10.8. The average Bonchev–Trinajstić information content (AvgIpc) is 2.85. The van der Waals surface area contributed by atoms with Crippen LogP contribution in [0.3, 0.4) is 0 Å². The van der Waals surface area contributed by atoms with Gasteiger partial charge in [0.2, 0.25) is 0 Å². The summed E-state index contributed by atoms with van der Waals surface area (Å²) >= 11 is 0. The van der Waals surface area contributed by atoms with Gasteiger partial charge in [0.15, 0.2) is 23.0 Å². The molecule has 0 aliphatic rings. The molecule has 0 heterocycles. The molecule has 0 amide bonds. The third-order valence-corrected chi connectivity index (χ3v) is 8.00. The number of anilines is 4. The van der Waals surface area contributed by atoms with Crippen molar-refractivity contribution in [3.05, 3.63) is 97.1 Å². The van der Waals surface area contributed by atoms with Crippen LogP contribution in [0.15, 0.2) is 97.1 Å². The Morgan fingerprint density at radius 2 is 0.622 bits per heavy atom. The number of hydrogen-bond donors (Lipinski definition) is 4. The van der Waals surface area contributed by atoms with E-state index in [4.69, 9.17) is 45.3 Å². The van der Waals surface area contributed by atoms with Gasteiger partial charge in [0.25, 0.3) is 0 Å². The van der Waals surface area contributed by atoms with Gasteiger partial charge >= 0.3 is 15.6 Å². The van der Waals surface area contributed by atoms with Gasteiger partial charge < -0.3 is 41.0 Å². The van der Waals surface area contributed by atoms with Crippen molar-refractivity contribution in [3.63, 3.8) is 0 Å². The number of nitrogens with two attached hydrogens (primary N) is 4. The van der Waals surface area contributed by atoms with E-state index < -0.39 is 15.6 Å². The lowest BCUT2D eigenvalue weighted by atomic mass is 10.3. The maximum absolute atomic E-state index is 14.0. The van der Waals surface area contributed by atoms with Gasteiger partial charge in [0.1, 0.15) is 0 Å². The molecule has 0 aliphatic heterocycles. The van der Waals surface area contributed by atoms with E-state index in [0.717, 1.165) is 0 Å². The van der Waals surface area contributed by atoms with Crippen molar-refractivity contribution < 1.29 is 31.5 Å². The van der Waals surface area contributed by atoms with E-state index in [1.54, 1.807) is 48.5 Å². The third-order valence-electron chi connectivity index (χ3n) is 4.72. The molecule has 0 radical (unpaired) electrons. The summed E-state index contributed by atoms with van der Waals surface area (Å²) in [6.45, 7) is 0. The highest BCUT2D eigenvalue weighted by Crippen LogP contribution is 2.65. The molecule has 0 unspecified atom stereocenters. The maximum Gasteiger partial charge on any atom is 0.598 e. The summed E-state index contributed by atoms with van der Waals surface area (Å²) in [5.74, 6) is -0.314. The minimum absolute atomic E-state index is 0.0784. The SMILES string of the molecule is Nc1ccccc1OP(=O)(Oc1ccccc1N)OP(=O)(Oc1ccccc1N)Oc1ccccc1N. The summed E-state index contributed by atoms with van der Waals surface area (Å²) in [5.41, 5.74) is 24.2. The molecule has 192 valence electrons. The fourth-order valence-corrected chi connectivity index (χ4v) is 6.18. The van der Waals surface area contributed by atoms with Gasteiger partial charge in [0, 0.05) is 0 Å².